The van der Waals surface area contributed by atoms with Crippen LogP contribution in [0.1, 0.15) is 22.3 Å². The van der Waals surface area contributed by atoms with Crippen LogP contribution in [0.3, 0.4) is 0 Å². The minimum Gasteiger partial charge on any atom is -0.478 e. The van der Waals surface area contributed by atoms with Crippen LogP contribution in [0.2, 0.25) is 5.02 Å². The molecule has 0 unspecified atom stereocenters. The smallest absolute Gasteiger partial charge is 0.335 e. The third-order valence-electron chi connectivity index (χ3n) is 3.07. The van der Waals surface area contributed by atoms with Crippen LogP contribution in [0.5, 0.6) is 0 Å². The second-order valence-electron chi connectivity index (χ2n) is 4.64. The molecule has 114 valence electrons. The van der Waals surface area contributed by atoms with Gasteiger partial charge in [0.25, 0.3) is 0 Å². The number of carbonyl (C=O) groups excluding carboxylic acids is 1. The predicted octanol–water partition coefficient (Wildman–Crippen LogP) is 3.75. The van der Waals surface area contributed by atoms with E-state index in [-0.39, 0.29) is 40.8 Å². The summed E-state index contributed by atoms with van der Waals surface area (Å²) in [5.41, 5.74) is 0.692. The molecule has 22 heavy (non-hydrogen) atoms. The van der Waals surface area contributed by atoms with Gasteiger partial charge in [-0.2, -0.15) is 0 Å². The van der Waals surface area contributed by atoms with E-state index in [1.807, 2.05) is 0 Å². The van der Waals surface area contributed by atoms with Crippen molar-refractivity contribution < 1.29 is 19.1 Å². The van der Waals surface area contributed by atoms with E-state index < -0.39 is 5.97 Å². The van der Waals surface area contributed by atoms with Crippen LogP contribution in [0, 0.1) is 5.82 Å². The maximum Gasteiger partial charge on any atom is 0.335 e. The summed E-state index contributed by atoms with van der Waals surface area (Å²) in [6, 6.07) is 10.3. The molecule has 0 aliphatic rings. The fraction of sp³-hybridized carbons (Fsp3) is 0.125. The molecule has 0 atom stereocenters. The highest BCUT2D eigenvalue weighted by Gasteiger charge is 2.11. The van der Waals surface area contributed by atoms with Crippen molar-refractivity contribution in [2.75, 3.05) is 5.32 Å². The van der Waals surface area contributed by atoms with Crippen LogP contribution < -0.4 is 5.32 Å². The number of halogens is 2. The first-order valence-corrected chi connectivity index (χ1v) is 6.91. The zero-order valence-corrected chi connectivity index (χ0v) is 12.2. The van der Waals surface area contributed by atoms with Gasteiger partial charge in [0, 0.05) is 6.42 Å². The van der Waals surface area contributed by atoms with Crippen LogP contribution in [0.25, 0.3) is 0 Å². The van der Waals surface area contributed by atoms with E-state index in [0.29, 0.717) is 5.56 Å². The molecule has 1 amide bonds. The molecule has 0 bridgehead atoms. The Bertz CT molecular complexity index is 718. The van der Waals surface area contributed by atoms with E-state index in [4.69, 9.17) is 16.7 Å². The average molecular weight is 322 g/mol. The number of aromatic carboxylic acids is 1. The number of hydrogen-bond donors (Lipinski definition) is 2. The molecule has 2 rings (SSSR count). The Morgan fingerprint density at radius 3 is 2.59 bits per heavy atom. The topological polar surface area (TPSA) is 66.4 Å². The van der Waals surface area contributed by atoms with Crippen LogP contribution in [-0.4, -0.2) is 17.0 Å². The molecule has 0 aliphatic heterocycles. The number of amides is 1. The minimum atomic E-state index is -1.11. The van der Waals surface area contributed by atoms with Gasteiger partial charge in [-0.05, 0) is 36.2 Å². The highest BCUT2D eigenvalue weighted by molar-refractivity contribution is 6.33. The van der Waals surface area contributed by atoms with E-state index in [0.717, 1.165) is 0 Å². The van der Waals surface area contributed by atoms with Crippen LogP contribution in [0.4, 0.5) is 10.1 Å². The van der Waals surface area contributed by atoms with Crippen LogP contribution >= 0.6 is 11.6 Å². The van der Waals surface area contributed by atoms with Crippen molar-refractivity contribution in [3.05, 3.63) is 64.4 Å². The van der Waals surface area contributed by atoms with Gasteiger partial charge in [-0.3, -0.25) is 4.79 Å². The molecule has 4 nitrogen and oxygen atoms in total. The quantitative estimate of drug-likeness (QED) is 0.881. The average Bonchev–Trinajstić information content (AvgIpc) is 2.48. The zero-order chi connectivity index (χ0) is 16.1. The van der Waals surface area contributed by atoms with Crippen LogP contribution in [0.15, 0.2) is 42.5 Å². The molecule has 0 saturated carbocycles. The van der Waals surface area contributed by atoms with Gasteiger partial charge in [0.2, 0.25) is 5.91 Å². The minimum absolute atomic E-state index is 0.0220. The Balaban J connectivity index is 2.02. The molecule has 0 spiro atoms. The lowest BCUT2D eigenvalue weighted by molar-refractivity contribution is -0.116. The van der Waals surface area contributed by atoms with Gasteiger partial charge in [0.1, 0.15) is 5.82 Å². The maximum absolute atomic E-state index is 13.5. The molecule has 0 saturated heterocycles. The monoisotopic (exact) mass is 321 g/mol. The Morgan fingerprint density at radius 2 is 1.91 bits per heavy atom. The summed E-state index contributed by atoms with van der Waals surface area (Å²) in [5, 5.41) is 11.7. The van der Waals surface area contributed by atoms with E-state index in [1.165, 1.54) is 24.3 Å². The van der Waals surface area contributed by atoms with Gasteiger partial charge < -0.3 is 10.4 Å². The van der Waals surface area contributed by atoms with Gasteiger partial charge in [0.15, 0.2) is 0 Å². The lowest BCUT2D eigenvalue weighted by atomic mass is 10.1. The molecule has 0 radical (unpaired) electrons. The highest BCUT2D eigenvalue weighted by atomic mass is 35.5. The van der Waals surface area contributed by atoms with Crippen molar-refractivity contribution in [1.82, 2.24) is 0 Å². The van der Waals surface area contributed by atoms with Crippen molar-refractivity contribution in [3.8, 4) is 0 Å². The summed E-state index contributed by atoms with van der Waals surface area (Å²) < 4.78 is 13.5. The summed E-state index contributed by atoms with van der Waals surface area (Å²) in [6.07, 6.45) is 0.309. The van der Waals surface area contributed by atoms with Gasteiger partial charge in [-0.25, -0.2) is 9.18 Å². The summed E-state index contributed by atoms with van der Waals surface area (Å²) in [6.45, 7) is 0. The van der Waals surface area contributed by atoms with Crippen molar-refractivity contribution in [2.24, 2.45) is 0 Å². The third kappa shape index (κ3) is 4.05. The lowest BCUT2D eigenvalue weighted by Gasteiger charge is -2.08. The predicted molar refractivity (Wildman–Crippen MR) is 81.8 cm³/mol. The van der Waals surface area contributed by atoms with Gasteiger partial charge in [-0.1, -0.05) is 29.8 Å². The van der Waals surface area contributed by atoms with Crippen molar-refractivity contribution in [3.63, 3.8) is 0 Å². The SMILES string of the molecule is O=C(CCc1ccccc1F)Nc1cc(C(=O)O)ccc1Cl. The first-order valence-electron chi connectivity index (χ1n) is 6.53. The number of carbonyl (C=O) groups is 2. The fourth-order valence-electron chi connectivity index (χ4n) is 1.92. The highest BCUT2D eigenvalue weighted by Crippen LogP contribution is 2.23. The van der Waals surface area contributed by atoms with Gasteiger partial charge in [-0.15, -0.1) is 0 Å². The molecule has 0 fully saturated rings. The number of anilines is 1. The standard InChI is InChI=1S/C16H13ClFNO3/c17-12-7-5-11(16(21)22)9-14(12)19-15(20)8-6-10-3-1-2-4-13(10)18/h1-5,7,9H,6,8H2,(H,19,20)(H,21,22). The molecule has 0 heterocycles. The molecule has 0 aromatic heterocycles. The lowest BCUT2D eigenvalue weighted by Crippen LogP contribution is -2.13. The largest absolute Gasteiger partial charge is 0.478 e. The molecular weight excluding hydrogens is 309 g/mol. The normalized spacial score (nSPS) is 10.3. The Labute approximate surface area is 131 Å². The summed E-state index contributed by atoms with van der Waals surface area (Å²) >= 11 is 5.92. The third-order valence-corrected chi connectivity index (χ3v) is 3.40. The first-order chi connectivity index (χ1) is 10.5. The number of carboxylic acid groups (broad SMARTS) is 1. The molecule has 2 aromatic carbocycles. The van der Waals surface area contributed by atoms with Gasteiger partial charge in [0.05, 0.1) is 16.3 Å². The summed E-state index contributed by atoms with van der Waals surface area (Å²) in [7, 11) is 0. The van der Waals surface area contributed by atoms with Crippen LogP contribution in [-0.2, 0) is 11.2 Å². The summed E-state index contributed by atoms with van der Waals surface area (Å²) in [4.78, 5) is 22.8. The van der Waals surface area contributed by atoms with Gasteiger partial charge >= 0.3 is 5.97 Å². The Morgan fingerprint density at radius 1 is 1.18 bits per heavy atom. The molecule has 6 heteroatoms. The van der Waals surface area contributed by atoms with E-state index >= 15 is 0 Å². The second-order valence-corrected chi connectivity index (χ2v) is 5.05. The molecule has 2 N–H and O–H groups in total. The Hall–Kier alpha value is -2.40. The molecule has 0 aliphatic carbocycles. The van der Waals surface area contributed by atoms with E-state index in [2.05, 4.69) is 5.32 Å². The van der Waals surface area contributed by atoms with E-state index in [1.54, 1.807) is 18.2 Å². The summed E-state index contributed by atoms with van der Waals surface area (Å²) in [5.74, 6) is -1.84. The number of rotatable bonds is 5. The first kappa shape index (κ1) is 16.0. The molecular formula is C16H13ClFNO3. The Kier molecular flexibility index (Phi) is 5.12. The molecule has 2 aromatic rings. The van der Waals surface area contributed by atoms with Crippen molar-refractivity contribution in [2.45, 2.75) is 12.8 Å². The zero-order valence-electron chi connectivity index (χ0n) is 11.5. The number of nitrogens with one attached hydrogen (secondary N) is 1. The number of aryl methyl sites for hydroxylation is 1. The van der Waals surface area contributed by atoms with Crippen molar-refractivity contribution in [1.29, 1.82) is 0 Å². The number of benzene rings is 2. The fourth-order valence-corrected chi connectivity index (χ4v) is 2.08. The van der Waals surface area contributed by atoms with E-state index in [9.17, 15) is 14.0 Å². The maximum atomic E-state index is 13.5. The van der Waals surface area contributed by atoms with Crippen molar-refractivity contribution >= 4 is 29.2 Å². The number of carboxylic acids is 1. The number of hydrogen-bond acceptors (Lipinski definition) is 2. The second kappa shape index (κ2) is 7.04.